The first kappa shape index (κ1) is 13.9. The molecule has 2 aromatic carbocycles. The number of para-hydroxylation sites is 1. The topological polar surface area (TPSA) is 52.6 Å². The third-order valence-corrected chi connectivity index (χ3v) is 3.13. The maximum atomic E-state index is 12.7. The third-order valence-electron chi connectivity index (χ3n) is 3.13. The summed E-state index contributed by atoms with van der Waals surface area (Å²) in [5, 5.41) is 12.6. The van der Waals surface area contributed by atoms with Crippen LogP contribution in [0.4, 0.5) is 11.4 Å². The van der Waals surface area contributed by atoms with Gasteiger partial charge >= 0.3 is 0 Å². The molecule has 2 aromatic rings. The summed E-state index contributed by atoms with van der Waals surface area (Å²) in [5.74, 6) is 0.0544. The van der Waals surface area contributed by atoms with Gasteiger partial charge in [0.15, 0.2) is 0 Å². The van der Waals surface area contributed by atoms with Crippen LogP contribution < -0.4 is 10.2 Å². The summed E-state index contributed by atoms with van der Waals surface area (Å²) < 4.78 is 0. The smallest absolute Gasteiger partial charge is 0.260 e. The molecule has 0 saturated heterocycles. The van der Waals surface area contributed by atoms with Gasteiger partial charge in [-0.1, -0.05) is 18.2 Å². The highest BCUT2D eigenvalue weighted by molar-refractivity contribution is 6.09. The van der Waals surface area contributed by atoms with Crippen molar-refractivity contribution in [3.05, 3.63) is 54.1 Å². The van der Waals surface area contributed by atoms with Gasteiger partial charge in [-0.05, 0) is 31.2 Å². The lowest BCUT2D eigenvalue weighted by Crippen LogP contribution is -2.31. The lowest BCUT2D eigenvalue weighted by atomic mass is 10.1. The number of amides is 1. The minimum Gasteiger partial charge on any atom is -0.508 e. The molecule has 0 aromatic heterocycles. The second kappa shape index (κ2) is 6.10. The van der Waals surface area contributed by atoms with Crippen LogP contribution in [0.15, 0.2) is 48.5 Å². The highest BCUT2D eigenvalue weighted by Gasteiger charge is 2.18. The molecule has 0 aliphatic heterocycles. The van der Waals surface area contributed by atoms with Crippen molar-refractivity contribution < 1.29 is 9.90 Å². The molecule has 1 amide bonds. The third kappa shape index (κ3) is 2.74. The average Bonchev–Trinajstić information content (AvgIpc) is 2.48. The van der Waals surface area contributed by atoms with Gasteiger partial charge in [-0.3, -0.25) is 4.79 Å². The SMILES string of the molecule is CCN(C(=O)c1ccccc1NC)c1cccc(O)c1. The Morgan fingerprint density at radius 2 is 1.95 bits per heavy atom. The van der Waals surface area contributed by atoms with Gasteiger partial charge in [0, 0.05) is 31.0 Å². The maximum Gasteiger partial charge on any atom is 0.260 e. The summed E-state index contributed by atoms with van der Waals surface area (Å²) in [6.45, 7) is 2.43. The highest BCUT2D eigenvalue weighted by atomic mass is 16.3. The molecule has 0 aliphatic carbocycles. The van der Waals surface area contributed by atoms with Crippen LogP contribution in [0.5, 0.6) is 5.75 Å². The van der Waals surface area contributed by atoms with Crippen LogP contribution in [-0.4, -0.2) is 24.6 Å². The van der Waals surface area contributed by atoms with E-state index in [2.05, 4.69) is 5.32 Å². The molecule has 4 heteroatoms. The Morgan fingerprint density at radius 3 is 2.60 bits per heavy atom. The first-order valence-corrected chi connectivity index (χ1v) is 6.55. The number of phenolic OH excluding ortho intramolecular Hbond substituents is 1. The first-order valence-electron chi connectivity index (χ1n) is 6.55. The Hall–Kier alpha value is -2.49. The molecule has 0 saturated carbocycles. The zero-order valence-corrected chi connectivity index (χ0v) is 11.6. The molecule has 0 unspecified atom stereocenters. The largest absolute Gasteiger partial charge is 0.508 e. The van der Waals surface area contributed by atoms with Crippen LogP contribution in [0.2, 0.25) is 0 Å². The minimum atomic E-state index is -0.0944. The summed E-state index contributed by atoms with van der Waals surface area (Å²) in [4.78, 5) is 14.3. The lowest BCUT2D eigenvalue weighted by molar-refractivity contribution is 0.0989. The van der Waals surface area contributed by atoms with E-state index in [9.17, 15) is 9.90 Å². The van der Waals surface area contributed by atoms with Crippen molar-refractivity contribution >= 4 is 17.3 Å². The summed E-state index contributed by atoms with van der Waals surface area (Å²) in [5.41, 5.74) is 2.08. The summed E-state index contributed by atoms with van der Waals surface area (Å²) >= 11 is 0. The Morgan fingerprint density at radius 1 is 1.20 bits per heavy atom. The number of aromatic hydroxyl groups is 1. The number of carbonyl (C=O) groups is 1. The van der Waals surface area contributed by atoms with Gasteiger partial charge in [0.05, 0.1) is 5.56 Å². The van der Waals surface area contributed by atoms with E-state index in [1.54, 1.807) is 36.2 Å². The first-order chi connectivity index (χ1) is 9.67. The molecule has 0 atom stereocenters. The number of nitrogens with one attached hydrogen (secondary N) is 1. The molecule has 0 aliphatic rings. The molecule has 20 heavy (non-hydrogen) atoms. The Labute approximate surface area is 118 Å². The zero-order valence-electron chi connectivity index (χ0n) is 11.6. The molecule has 0 fully saturated rings. The van der Waals surface area contributed by atoms with Crippen molar-refractivity contribution in [1.29, 1.82) is 0 Å². The number of rotatable bonds is 4. The van der Waals surface area contributed by atoms with Crippen LogP contribution in [0.1, 0.15) is 17.3 Å². The van der Waals surface area contributed by atoms with Crippen molar-refractivity contribution in [3.8, 4) is 5.75 Å². The van der Waals surface area contributed by atoms with Crippen molar-refractivity contribution in [2.24, 2.45) is 0 Å². The van der Waals surface area contributed by atoms with Crippen molar-refractivity contribution in [1.82, 2.24) is 0 Å². The van der Waals surface area contributed by atoms with Crippen LogP contribution in [0, 0.1) is 0 Å². The van der Waals surface area contributed by atoms with Gasteiger partial charge < -0.3 is 15.3 Å². The quantitative estimate of drug-likeness (QED) is 0.897. The fourth-order valence-corrected chi connectivity index (χ4v) is 2.14. The lowest BCUT2D eigenvalue weighted by Gasteiger charge is -2.22. The van der Waals surface area contributed by atoms with Gasteiger partial charge in [-0.25, -0.2) is 0 Å². The van der Waals surface area contributed by atoms with E-state index in [-0.39, 0.29) is 11.7 Å². The molecule has 0 heterocycles. The van der Waals surface area contributed by atoms with Crippen LogP contribution in [0.3, 0.4) is 0 Å². The van der Waals surface area contributed by atoms with Gasteiger partial charge in [0.1, 0.15) is 5.75 Å². The standard InChI is InChI=1S/C16H18N2O2/c1-3-18(12-7-6-8-13(19)11-12)16(20)14-9-4-5-10-15(14)17-2/h4-11,17,19H,3H2,1-2H3. The molecular formula is C16H18N2O2. The zero-order chi connectivity index (χ0) is 14.5. The van der Waals surface area contributed by atoms with Gasteiger partial charge in [0.2, 0.25) is 0 Å². The number of nitrogens with zero attached hydrogens (tertiary/aromatic N) is 1. The Balaban J connectivity index is 2.39. The van der Waals surface area contributed by atoms with Crippen LogP contribution in [-0.2, 0) is 0 Å². The number of benzene rings is 2. The fourth-order valence-electron chi connectivity index (χ4n) is 2.14. The second-order valence-electron chi connectivity index (χ2n) is 4.36. The van der Waals surface area contributed by atoms with E-state index < -0.39 is 0 Å². The number of hydrogen-bond acceptors (Lipinski definition) is 3. The van der Waals surface area contributed by atoms with Crippen molar-refractivity contribution in [2.75, 3.05) is 23.8 Å². The van der Waals surface area contributed by atoms with Crippen LogP contribution in [0.25, 0.3) is 0 Å². The summed E-state index contributed by atoms with van der Waals surface area (Å²) in [7, 11) is 1.79. The maximum absolute atomic E-state index is 12.7. The van der Waals surface area contributed by atoms with E-state index in [0.717, 1.165) is 5.69 Å². The second-order valence-corrected chi connectivity index (χ2v) is 4.36. The highest BCUT2D eigenvalue weighted by Crippen LogP contribution is 2.24. The molecule has 104 valence electrons. The molecule has 0 radical (unpaired) electrons. The molecule has 0 bridgehead atoms. The number of carbonyl (C=O) groups excluding carboxylic acids is 1. The average molecular weight is 270 g/mol. The molecule has 2 N–H and O–H groups in total. The predicted octanol–water partition coefficient (Wildman–Crippen LogP) is 3.10. The number of phenols is 1. The van der Waals surface area contributed by atoms with Crippen molar-refractivity contribution in [3.63, 3.8) is 0 Å². The van der Waals surface area contributed by atoms with Crippen molar-refractivity contribution in [2.45, 2.75) is 6.92 Å². The predicted molar refractivity (Wildman–Crippen MR) is 81.4 cm³/mol. The number of hydrogen-bond donors (Lipinski definition) is 2. The molecular weight excluding hydrogens is 252 g/mol. The van der Waals surface area contributed by atoms with Gasteiger partial charge in [-0.2, -0.15) is 0 Å². The summed E-state index contributed by atoms with van der Waals surface area (Å²) in [6.07, 6.45) is 0. The van der Waals surface area contributed by atoms with E-state index in [0.29, 0.717) is 17.8 Å². The van der Waals surface area contributed by atoms with E-state index >= 15 is 0 Å². The van der Waals surface area contributed by atoms with Crippen LogP contribution >= 0.6 is 0 Å². The number of anilines is 2. The van der Waals surface area contributed by atoms with E-state index in [1.807, 2.05) is 31.2 Å². The summed E-state index contributed by atoms with van der Waals surface area (Å²) in [6, 6.07) is 14.1. The Kier molecular flexibility index (Phi) is 4.25. The molecule has 4 nitrogen and oxygen atoms in total. The Bertz CT molecular complexity index is 611. The van der Waals surface area contributed by atoms with E-state index in [1.165, 1.54) is 0 Å². The monoisotopic (exact) mass is 270 g/mol. The van der Waals surface area contributed by atoms with Gasteiger partial charge in [-0.15, -0.1) is 0 Å². The minimum absolute atomic E-state index is 0.0944. The van der Waals surface area contributed by atoms with Gasteiger partial charge in [0.25, 0.3) is 5.91 Å². The molecule has 2 rings (SSSR count). The van der Waals surface area contributed by atoms with E-state index in [4.69, 9.17) is 0 Å². The fraction of sp³-hybridized carbons (Fsp3) is 0.188. The normalized spacial score (nSPS) is 10.1. The molecule has 0 spiro atoms.